The van der Waals surface area contributed by atoms with E-state index in [1.54, 1.807) is 12.1 Å². The molecule has 3 aromatic carbocycles. The maximum absolute atomic E-state index is 10.4. The first-order valence-corrected chi connectivity index (χ1v) is 13.7. The molecule has 0 unspecified atom stereocenters. The fourth-order valence-electron chi connectivity index (χ4n) is 3.95. The summed E-state index contributed by atoms with van der Waals surface area (Å²) in [6, 6.07) is 12.2. The lowest BCUT2D eigenvalue weighted by molar-refractivity contribution is -0.136. The number of aliphatic carboxylic acids is 1. The van der Waals surface area contributed by atoms with Gasteiger partial charge >= 0.3 is 5.97 Å². The highest BCUT2D eigenvalue weighted by Gasteiger charge is 2.11. The fourth-order valence-corrected chi connectivity index (χ4v) is 4.41. The zero-order valence-electron chi connectivity index (χ0n) is 24.0. The molecule has 3 rings (SSSR count). The molecule has 0 aromatic heterocycles. The van der Waals surface area contributed by atoms with Gasteiger partial charge in [0.25, 0.3) is 0 Å². The predicted molar refractivity (Wildman–Crippen MR) is 160 cm³/mol. The molecule has 0 aliphatic rings. The quantitative estimate of drug-likeness (QED) is 0.167. The van der Waals surface area contributed by atoms with E-state index in [-0.39, 0.29) is 41.1 Å². The summed E-state index contributed by atoms with van der Waals surface area (Å²) in [4.78, 5) is 20.8. The Morgan fingerprint density at radius 3 is 1.74 bits per heavy atom. The molecule has 0 atom stereocenters. The monoisotopic (exact) mass is 600 g/mol. The smallest absolute Gasteiger partial charge is 0.307 e. The van der Waals surface area contributed by atoms with Crippen LogP contribution in [-0.2, 0) is 11.2 Å². The third-order valence-electron chi connectivity index (χ3n) is 6.17. The van der Waals surface area contributed by atoms with E-state index < -0.39 is 5.97 Å². The number of phenols is 3. The standard InChI is InChI=1S/C11H15Br.C11H14O3.C10H12O3/c1-7(2)10-5-9(4)11(12)6-8(10)3;1-7(2)9-4-3-8(5-10(9)12)6-11(13)14;1-6(2)8-4-9(12)7(5-11)3-10(8)13/h5-7H,1-4H3;3-5,7,12H,6H2,1-2H3,(H,13,14);3-6,12-13H,1-2H3. The van der Waals surface area contributed by atoms with E-state index >= 15 is 0 Å². The van der Waals surface area contributed by atoms with Gasteiger partial charge in [-0.3, -0.25) is 9.59 Å². The minimum atomic E-state index is -0.887. The summed E-state index contributed by atoms with van der Waals surface area (Å²) in [6.45, 7) is 16.5. The van der Waals surface area contributed by atoms with Crippen molar-refractivity contribution in [1.29, 1.82) is 0 Å². The van der Waals surface area contributed by atoms with Crippen molar-refractivity contribution in [2.75, 3.05) is 0 Å². The highest BCUT2D eigenvalue weighted by atomic mass is 79.9. The third-order valence-corrected chi connectivity index (χ3v) is 7.02. The Hall–Kier alpha value is -3.32. The molecular weight excluding hydrogens is 560 g/mol. The second kappa shape index (κ2) is 15.3. The van der Waals surface area contributed by atoms with Gasteiger partial charge in [-0.15, -0.1) is 0 Å². The van der Waals surface area contributed by atoms with Crippen molar-refractivity contribution in [3.8, 4) is 17.2 Å². The van der Waals surface area contributed by atoms with E-state index in [9.17, 15) is 24.9 Å². The minimum absolute atomic E-state index is 0.0497. The van der Waals surface area contributed by atoms with Crippen LogP contribution in [0, 0.1) is 13.8 Å². The zero-order chi connectivity index (χ0) is 30.0. The Bertz CT molecular complexity index is 1280. The van der Waals surface area contributed by atoms with Gasteiger partial charge in [0.15, 0.2) is 6.29 Å². The molecule has 0 heterocycles. The zero-order valence-corrected chi connectivity index (χ0v) is 25.6. The van der Waals surface area contributed by atoms with Crippen molar-refractivity contribution >= 4 is 28.2 Å². The number of benzene rings is 3. The van der Waals surface area contributed by atoms with Gasteiger partial charge in [0.05, 0.1) is 12.0 Å². The van der Waals surface area contributed by atoms with Crippen molar-refractivity contribution in [2.24, 2.45) is 0 Å². The Labute approximate surface area is 240 Å². The molecule has 0 aliphatic heterocycles. The van der Waals surface area contributed by atoms with Gasteiger partial charge in [-0.1, -0.05) is 75.7 Å². The molecule has 0 radical (unpaired) electrons. The van der Waals surface area contributed by atoms with E-state index in [2.05, 4.69) is 55.8 Å². The molecule has 6 nitrogen and oxygen atoms in total. The lowest BCUT2D eigenvalue weighted by Crippen LogP contribution is -2.00. The van der Waals surface area contributed by atoms with Crippen molar-refractivity contribution < 1.29 is 30.0 Å². The number of carboxylic acids is 1. The van der Waals surface area contributed by atoms with Gasteiger partial charge in [-0.25, -0.2) is 0 Å². The minimum Gasteiger partial charge on any atom is -0.508 e. The van der Waals surface area contributed by atoms with Gasteiger partial charge in [0.2, 0.25) is 0 Å². The number of halogens is 1. The number of aryl methyl sites for hydroxylation is 2. The average molecular weight is 602 g/mol. The molecule has 39 heavy (non-hydrogen) atoms. The summed E-state index contributed by atoms with van der Waals surface area (Å²) in [5.74, 6) is 0.240. The lowest BCUT2D eigenvalue weighted by Gasteiger charge is -2.11. The molecule has 0 aliphatic carbocycles. The summed E-state index contributed by atoms with van der Waals surface area (Å²) in [5, 5.41) is 36.9. The van der Waals surface area contributed by atoms with Crippen LogP contribution in [0.2, 0.25) is 0 Å². The maximum atomic E-state index is 10.4. The SMILES string of the molecule is CC(C)c1cc(O)c(C=O)cc1O.CC(C)c1ccc(CC(=O)O)cc1O.Cc1cc(C(C)C)c(C)cc1Br. The number of aromatic hydroxyl groups is 3. The number of carbonyl (C=O) groups is 2. The molecule has 0 fully saturated rings. The lowest BCUT2D eigenvalue weighted by atomic mass is 9.96. The normalized spacial score (nSPS) is 10.6. The summed E-state index contributed by atoms with van der Waals surface area (Å²) < 4.78 is 1.21. The largest absolute Gasteiger partial charge is 0.508 e. The molecule has 0 spiro atoms. The van der Waals surface area contributed by atoms with E-state index in [0.29, 0.717) is 23.3 Å². The van der Waals surface area contributed by atoms with Crippen LogP contribution in [0.25, 0.3) is 0 Å². The highest BCUT2D eigenvalue weighted by Crippen LogP contribution is 2.31. The molecule has 0 saturated carbocycles. The number of hydrogen-bond acceptors (Lipinski definition) is 5. The molecule has 3 aromatic rings. The molecule has 7 heteroatoms. The van der Waals surface area contributed by atoms with Gasteiger partial charge in [0, 0.05) is 10.0 Å². The van der Waals surface area contributed by atoms with Crippen LogP contribution in [0.4, 0.5) is 0 Å². The van der Waals surface area contributed by atoms with Crippen molar-refractivity contribution in [3.05, 3.63) is 85.9 Å². The van der Waals surface area contributed by atoms with Crippen molar-refractivity contribution in [2.45, 2.75) is 79.6 Å². The first-order valence-electron chi connectivity index (χ1n) is 12.9. The van der Waals surface area contributed by atoms with Crippen LogP contribution in [0.3, 0.4) is 0 Å². The Kier molecular flexibility index (Phi) is 13.2. The molecule has 0 saturated heterocycles. The molecular formula is C32H41BrO6. The molecule has 0 bridgehead atoms. The number of carbonyl (C=O) groups excluding carboxylic acids is 1. The third kappa shape index (κ3) is 10.4. The summed E-state index contributed by atoms with van der Waals surface area (Å²) in [5.41, 5.74) is 6.38. The number of phenolic OH excluding ortho intramolecular Hbond substituents is 3. The van der Waals surface area contributed by atoms with E-state index in [1.165, 1.54) is 39.4 Å². The molecule has 212 valence electrons. The Morgan fingerprint density at radius 1 is 0.744 bits per heavy atom. The van der Waals surface area contributed by atoms with Crippen molar-refractivity contribution in [3.63, 3.8) is 0 Å². The second-order valence-corrected chi connectivity index (χ2v) is 11.3. The summed E-state index contributed by atoms with van der Waals surface area (Å²) in [6.07, 6.45) is 0.463. The van der Waals surface area contributed by atoms with Crippen LogP contribution in [0.5, 0.6) is 17.2 Å². The number of rotatable bonds is 6. The molecule has 0 amide bonds. The average Bonchev–Trinajstić information content (AvgIpc) is 2.82. The van der Waals surface area contributed by atoms with Gasteiger partial charge in [-0.2, -0.15) is 0 Å². The highest BCUT2D eigenvalue weighted by molar-refractivity contribution is 9.10. The van der Waals surface area contributed by atoms with Gasteiger partial charge < -0.3 is 20.4 Å². The predicted octanol–water partition coefficient (Wildman–Crippen LogP) is 8.37. The number of hydrogen-bond donors (Lipinski definition) is 4. The van der Waals surface area contributed by atoms with Crippen LogP contribution in [0.1, 0.15) is 103 Å². The fraction of sp³-hybridized carbons (Fsp3) is 0.375. The topological polar surface area (TPSA) is 115 Å². The second-order valence-electron chi connectivity index (χ2n) is 10.5. The number of carboxylic acid groups (broad SMARTS) is 1. The number of aldehydes is 1. The van der Waals surface area contributed by atoms with Crippen LogP contribution < -0.4 is 0 Å². The van der Waals surface area contributed by atoms with E-state index in [0.717, 1.165) is 5.56 Å². The van der Waals surface area contributed by atoms with Crippen LogP contribution in [-0.4, -0.2) is 32.7 Å². The molecule has 4 N–H and O–H groups in total. The van der Waals surface area contributed by atoms with Gasteiger partial charge in [0.1, 0.15) is 17.2 Å². The van der Waals surface area contributed by atoms with Crippen LogP contribution in [0.15, 0.2) is 46.9 Å². The Morgan fingerprint density at radius 2 is 1.28 bits per heavy atom. The van der Waals surface area contributed by atoms with Gasteiger partial charge in [-0.05, 0) is 83.7 Å². The summed E-state index contributed by atoms with van der Waals surface area (Å²) >= 11 is 3.53. The first kappa shape index (κ1) is 33.7. The van der Waals surface area contributed by atoms with E-state index in [4.69, 9.17) is 5.11 Å². The Balaban J connectivity index is 0.000000293. The summed E-state index contributed by atoms with van der Waals surface area (Å²) in [7, 11) is 0. The first-order chi connectivity index (χ1) is 18.1. The van der Waals surface area contributed by atoms with Crippen molar-refractivity contribution in [1.82, 2.24) is 0 Å². The maximum Gasteiger partial charge on any atom is 0.307 e. The van der Waals surface area contributed by atoms with E-state index in [1.807, 2.05) is 27.7 Å². The van der Waals surface area contributed by atoms with Crippen LogP contribution >= 0.6 is 15.9 Å².